The van der Waals surface area contributed by atoms with E-state index >= 15 is 0 Å². The summed E-state index contributed by atoms with van der Waals surface area (Å²) in [6, 6.07) is 5.05. The van der Waals surface area contributed by atoms with Crippen LogP contribution in [0.1, 0.15) is 50.1 Å². The molecule has 154 valence electrons. The normalized spacial score (nSPS) is 19.3. The molecule has 4 heterocycles. The molecule has 0 bridgehead atoms. The molecule has 0 unspecified atom stereocenters. The summed E-state index contributed by atoms with van der Waals surface area (Å²) in [5, 5.41) is 12.9. The van der Waals surface area contributed by atoms with Gasteiger partial charge in [-0.05, 0) is 49.0 Å². The van der Waals surface area contributed by atoms with Crippen molar-refractivity contribution in [3.8, 4) is 5.95 Å². The Kier molecular flexibility index (Phi) is 4.83. The number of benzene rings is 1. The number of nitrogens with zero attached hydrogens (tertiary/aromatic N) is 5. The average molecular weight is 398 g/mol. The second kappa shape index (κ2) is 7.50. The number of hydrogen-bond acceptors (Lipinski definition) is 6. The van der Waals surface area contributed by atoms with E-state index in [0.29, 0.717) is 17.4 Å². The third-order valence-electron chi connectivity index (χ3n) is 6.17. The Labute approximate surface area is 169 Å². The summed E-state index contributed by atoms with van der Waals surface area (Å²) in [6.45, 7) is 9.65. The lowest BCUT2D eigenvalue weighted by Gasteiger charge is -2.36. The van der Waals surface area contributed by atoms with Gasteiger partial charge in [-0.2, -0.15) is 14.8 Å². The second-order valence-corrected chi connectivity index (χ2v) is 8.62. The SMILES string of the molecule is CC(C)c1nn(-c2noc(C3CCN(CC4CNC4)CC3)n2)c2c(F)cccc12. The molecule has 1 N–H and O–H groups in total. The molecule has 0 radical (unpaired) electrons. The van der Waals surface area contributed by atoms with Crippen molar-refractivity contribution in [3.05, 3.63) is 35.6 Å². The third-order valence-corrected chi connectivity index (χ3v) is 6.17. The van der Waals surface area contributed by atoms with Crippen molar-refractivity contribution in [2.24, 2.45) is 5.92 Å². The number of likely N-dealkylation sites (tertiary alicyclic amines) is 1. The predicted octanol–water partition coefficient (Wildman–Crippen LogP) is 3.07. The number of halogens is 1. The Bertz CT molecular complexity index is 1000. The average Bonchev–Trinajstić information content (AvgIpc) is 3.31. The molecular formula is C21H27FN6O. The van der Waals surface area contributed by atoms with Crippen molar-refractivity contribution in [1.82, 2.24) is 30.1 Å². The molecule has 1 aromatic carbocycles. The van der Waals surface area contributed by atoms with Gasteiger partial charge < -0.3 is 14.7 Å². The van der Waals surface area contributed by atoms with Crippen LogP contribution in [0.5, 0.6) is 0 Å². The number of fused-ring (bicyclic) bond motifs is 1. The van der Waals surface area contributed by atoms with E-state index in [4.69, 9.17) is 4.52 Å². The van der Waals surface area contributed by atoms with Gasteiger partial charge in [0.05, 0.1) is 5.69 Å². The summed E-state index contributed by atoms with van der Waals surface area (Å²) in [4.78, 5) is 7.14. The lowest BCUT2D eigenvalue weighted by Crippen LogP contribution is -2.49. The molecule has 2 fully saturated rings. The molecule has 5 rings (SSSR count). The van der Waals surface area contributed by atoms with E-state index in [1.54, 1.807) is 6.07 Å². The van der Waals surface area contributed by atoms with E-state index in [1.807, 2.05) is 19.9 Å². The Morgan fingerprint density at radius 3 is 2.72 bits per heavy atom. The van der Waals surface area contributed by atoms with E-state index in [9.17, 15) is 4.39 Å². The van der Waals surface area contributed by atoms with E-state index in [1.165, 1.54) is 17.3 Å². The number of para-hydroxylation sites is 1. The van der Waals surface area contributed by atoms with Gasteiger partial charge in [0.1, 0.15) is 11.3 Å². The van der Waals surface area contributed by atoms with Gasteiger partial charge in [-0.25, -0.2) is 4.39 Å². The van der Waals surface area contributed by atoms with Gasteiger partial charge in [0.2, 0.25) is 5.89 Å². The number of piperidine rings is 1. The van der Waals surface area contributed by atoms with Crippen LogP contribution in [0.15, 0.2) is 22.7 Å². The molecule has 3 aromatic rings. The lowest BCUT2D eigenvalue weighted by atomic mass is 9.95. The van der Waals surface area contributed by atoms with Crippen LogP contribution in [-0.4, -0.2) is 57.5 Å². The maximum absolute atomic E-state index is 14.6. The van der Waals surface area contributed by atoms with E-state index < -0.39 is 0 Å². The first-order valence-corrected chi connectivity index (χ1v) is 10.5. The van der Waals surface area contributed by atoms with Crippen LogP contribution < -0.4 is 5.32 Å². The minimum absolute atomic E-state index is 0.169. The highest BCUT2D eigenvalue weighted by Gasteiger charge is 2.29. The molecule has 2 aromatic heterocycles. The van der Waals surface area contributed by atoms with Crippen molar-refractivity contribution in [1.29, 1.82) is 0 Å². The van der Waals surface area contributed by atoms with Crippen molar-refractivity contribution in [2.45, 2.75) is 38.5 Å². The number of rotatable bonds is 5. The van der Waals surface area contributed by atoms with Crippen LogP contribution in [0, 0.1) is 11.7 Å². The smallest absolute Gasteiger partial charge is 0.291 e. The Morgan fingerprint density at radius 1 is 1.24 bits per heavy atom. The third kappa shape index (κ3) is 3.44. The van der Waals surface area contributed by atoms with Crippen molar-refractivity contribution in [2.75, 3.05) is 32.7 Å². The fraction of sp³-hybridized carbons (Fsp3) is 0.571. The van der Waals surface area contributed by atoms with Crippen LogP contribution in [0.25, 0.3) is 16.9 Å². The summed E-state index contributed by atoms with van der Waals surface area (Å²) in [5.74, 6) is 1.83. The summed E-state index contributed by atoms with van der Waals surface area (Å²) in [6.07, 6.45) is 2.01. The highest BCUT2D eigenvalue weighted by atomic mass is 19.1. The van der Waals surface area contributed by atoms with Gasteiger partial charge in [0.25, 0.3) is 5.95 Å². The van der Waals surface area contributed by atoms with Gasteiger partial charge in [-0.3, -0.25) is 0 Å². The summed E-state index contributed by atoms with van der Waals surface area (Å²) in [5.41, 5.74) is 1.25. The molecule has 29 heavy (non-hydrogen) atoms. The van der Waals surface area contributed by atoms with Crippen LogP contribution in [-0.2, 0) is 0 Å². The molecule has 0 spiro atoms. The molecule has 0 atom stereocenters. The van der Waals surface area contributed by atoms with Gasteiger partial charge in [-0.15, -0.1) is 0 Å². The Balaban J connectivity index is 1.37. The maximum Gasteiger partial charge on any atom is 0.291 e. The second-order valence-electron chi connectivity index (χ2n) is 8.62. The van der Waals surface area contributed by atoms with Gasteiger partial charge >= 0.3 is 0 Å². The van der Waals surface area contributed by atoms with E-state index in [2.05, 4.69) is 25.5 Å². The number of aromatic nitrogens is 4. The highest BCUT2D eigenvalue weighted by Crippen LogP contribution is 2.31. The number of hydrogen-bond donors (Lipinski definition) is 1. The largest absolute Gasteiger partial charge is 0.337 e. The van der Waals surface area contributed by atoms with Gasteiger partial charge in [0, 0.05) is 30.9 Å². The Morgan fingerprint density at radius 2 is 2.03 bits per heavy atom. The zero-order chi connectivity index (χ0) is 20.0. The minimum atomic E-state index is -0.327. The fourth-order valence-corrected chi connectivity index (χ4v) is 4.40. The first-order chi connectivity index (χ1) is 14.1. The van der Waals surface area contributed by atoms with Crippen molar-refractivity contribution >= 4 is 10.9 Å². The van der Waals surface area contributed by atoms with E-state index in [0.717, 1.165) is 56.0 Å². The van der Waals surface area contributed by atoms with Gasteiger partial charge in [0.15, 0.2) is 0 Å². The summed E-state index contributed by atoms with van der Waals surface area (Å²) < 4.78 is 21.7. The number of nitrogens with one attached hydrogen (secondary N) is 1. The topological polar surface area (TPSA) is 72.0 Å². The highest BCUT2D eigenvalue weighted by molar-refractivity contribution is 5.84. The predicted molar refractivity (Wildman–Crippen MR) is 108 cm³/mol. The zero-order valence-electron chi connectivity index (χ0n) is 16.9. The molecule has 2 aliphatic heterocycles. The first-order valence-electron chi connectivity index (χ1n) is 10.5. The molecule has 8 heteroatoms. The molecular weight excluding hydrogens is 371 g/mol. The van der Waals surface area contributed by atoms with Gasteiger partial charge in [-0.1, -0.05) is 26.0 Å². The van der Waals surface area contributed by atoms with Crippen LogP contribution in [0.4, 0.5) is 4.39 Å². The van der Waals surface area contributed by atoms with Crippen LogP contribution >= 0.6 is 0 Å². The lowest BCUT2D eigenvalue weighted by molar-refractivity contribution is 0.149. The quantitative estimate of drug-likeness (QED) is 0.712. The summed E-state index contributed by atoms with van der Waals surface area (Å²) in [7, 11) is 0. The fourth-order valence-electron chi connectivity index (χ4n) is 4.40. The maximum atomic E-state index is 14.6. The molecule has 2 aliphatic rings. The minimum Gasteiger partial charge on any atom is -0.337 e. The first kappa shape index (κ1) is 18.7. The van der Waals surface area contributed by atoms with Crippen LogP contribution in [0.2, 0.25) is 0 Å². The van der Waals surface area contributed by atoms with E-state index in [-0.39, 0.29) is 17.7 Å². The molecule has 0 aliphatic carbocycles. The molecule has 2 saturated heterocycles. The summed E-state index contributed by atoms with van der Waals surface area (Å²) >= 11 is 0. The van der Waals surface area contributed by atoms with Crippen LogP contribution in [0.3, 0.4) is 0 Å². The molecule has 0 amide bonds. The van der Waals surface area contributed by atoms with Crippen molar-refractivity contribution in [3.63, 3.8) is 0 Å². The Hall–Kier alpha value is -2.32. The monoisotopic (exact) mass is 398 g/mol. The molecule has 7 nitrogen and oxygen atoms in total. The van der Waals surface area contributed by atoms with Crippen molar-refractivity contribution < 1.29 is 8.91 Å². The standard InChI is InChI=1S/C21H27FN6O/c1-13(2)18-16-4-3-5-17(22)19(16)28(25-18)21-24-20(29-26-21)15-6-8-27(9-7-15)12-14-10-23-11-14/h3-5,13-15,23H,6-12H2,1-2H3. The molecule has 0 saturated carbocycles. The zero-order valence-corrected chi connectivity index (χ0v) is 16.9.